The van der Waals surface area contributed by atoms with E-state index in [0.717, 1.165) is 19.4 Å². The Hall–Kier alpha value is -0.860. The maximum atomic E-state index is 6.16. The molecule has 0 spiro atoms. The number of ether oxygens (including phenoxy) is 1. The highest BCUT2D eigenvalue weighted by Gasteiger charge is 2.16. The van der Waals surface area contributed by atoms with Crippen LogP contribution in [0.25, 0.3) is 0 Å². The molecule has 0 aliphatic heterocycles. The third kappa shape index (κ3) is 3.95. The molecule has 1 aromatic carbocycles. The lowest BCUT2D eigenvalue weighted by Crippen LogP contribution is -2.38. The first-order chi connectivity index (χ1) is 7.67. The molecular weight excluding hydrogens is 198 g/mol. The van der Waals surface area contributed by atoms with Gasteiger partial charge in [-0.05, 0) is 32.3 Å². The molecule has 0 aromatic heterocycles. The second-order valence-electron chi connectivity index (χ2n) is 4.26. The van der Waals surface area contributed by atoms with Gasteiger partial charge in [-0.15, -0.1) is 0 Å². The average Bonchev–Trinajstić information content (AvgIpc) is 2.29. The van der Waals surface area contributed by atoms with Gasteiger partial charge < -0.3 is 10.5 Å². The lowest BCUT2D eigenvalue weighted by molar-refractivity contribution is 0.0417. The summed E-state index contributed by atoms with van der Waals surface area (Å²) in [6.45, 7) is 6.97. The fraction of sp³-hybridized carbons (Fsp3) is 0.571. The van der Waals surface area contributed by atoms with Gasteiger partial charge in [0, 0.05) is 12.6 Å². The normalized spacial score (nSPS) is 14.8. The predicted molar refractivity (Wildman–Crippen MR) is 68.6 cm³/mol. The molecule has 1 rings (SSSR count). The van der Waals surface area contributed by atoms with Crippen LogP contribution in [0.5, 0.6) is 0 Å². The van der Waals surface area contributed by atoms with Gasteiger partial charge in [0.2, 0.25) is 0 Å². The van der Waals surface area contributed by atoms with Crippen molar-refractivity contribution in [1.29, 1.82) is 0 Å². The topological polar surface area (TPSA) is 35.2 Å². The first kappa shape index (κ1) is 13.2. The molecule has 1 aromatic rings. The molecule has 2 heteroatoms. The third-order valence-electron chi connectivity index (χ3n) is 2.85. The molecule has 0 saturated carbocycles. The minimum atomic E-state index is 0.0904. The Balaban J connectivity index is 2.55. The molecule has 0 heterocycles. The van der Waals surface area contributed by atoms with E-state index in [1.165, 1.54) is 11.1 Å². The predicted octanol–water partition coefficient (Wildman–Crippen LogP) is 2.68. The molecule has 0 aliphatic rings. The van der Waals surface area contributed by atoms with Crippen LogP contribution in [0.4, 0.5) is 0 Å². The van der Waals surface area contributed by atoms with Crippen LogP contribution in [0, 0.1) is 6.92 Å². The molecule has 0 radical (unpaired) electrons. The van der Waals surface area contributed by atoms with Crippen molar-refractivity contribution < 1.29 is 4.74 Å². The second kappa shape index (κ2) is 6.66. The van der Waals surface area contributed by atoms with E-state index in [9.17, 15) is 0 Å². The van der Waals surface area contributed by atoms with Crippen molar-refractivity contribution in [2.45, 2.75) is 45.8 Å². The first-order valence-electron chi connectivity index (χ1n) is 6.10. The molecule has 0 fully saturated rings. The fourth-order valence-corrected chi connectivity index (χ4v) is 1.89. The van der Waals surface area contributed by atoms with Crippen LogP contribution in [-0.4, -0.2) is 18.8 Å². The summed E-state index contributed by atoms with van der Waals surface area (Å²) < 4.78 is 5.62. The summed E-state index contributed by atoms with van der Waals surface area (Å²) in [4.78, 5) is 0. The van der Waals surface area contributed by atoms with E-state index in [-0.39, 0.29) is 12.1 Å². The van der Waals surface area contributed by atoms with E-state index in [1.54, 1.807) is 0 Å². The van der Waals surface area contributed by atoms with Crippen molar-refractivity contribution in [3.8, 4) is 0 Å². The zero-order chi connectivity index (χ0) is 12.0. The molecule has 2 nitrogen and oxygen atoms in total. The SMILES string of the molecule is CCOC(CC)C(N)Cc1ccc(C)cc1. The van der Waals surface area contributed by atoms with Gasteiger partial charge in [0.15, 0.2) is 0 Å². The Morgan fingerprint density at radius 3 is 2.31 bits per heavy atom. The van der Waals surface area contributed by atoms with Crippen LogP contribution in [0.15, 0.2) is 24.3 Å². The number of benzene rings is 1. The molecule has 0 saturated heterocycles. The van der Waals surface area contributed by atoms with Crippen molar-refractivity contribution >= 4 is 0 Å². The van der Waals surface area contributed by atoms with Crippen molar-refractivity contribution in [2.75, 3.05) is 6.61 Å². The highest BCUT2D eigenvalue weighted by atomic mass is 16.5. The monoisotopic (exact) mass is 221 g/mol. The largest absolute Gasteiger partial charge is 0.377 e. The summed E-state index contributed by atoms with van der Waals surface area (Å²) >= 11 is 0. The van der Waals surface area contributed by atoms with E-state index in [0.29, 0.717) is 0 Å². The highest BCUT2D eigenvalue weighted by Crippen LogP contribution is 2.10. The summed E-state index contributed by atoms with van der Waals surface area (Å²) in [5, 5.41) is 0. The molecule has 2 N–H and O–H groups in total. The highest BCUT2D eigenvalue weighted by molar-refractivity contribution is 5.22. The maximum absolute atomic E-state index is 6.16. The van der Waals surface area contributed by atoms with Gasteiger partial charge >= 0.3 is 0 Å². The summed E-state index contributed by atoms with van der Waals surface area (Å²) in [7, 11) is 0. The molecule has 90 valence electrons. The van der Waals surface area contributed by atoms with E-state index in [1.807, 2.05) is 6.92 Å². The molecular formula is C14H23NO. The molecule has 0 bridgehead atoms. The number of hydrogen-bond acceptors (Lipinski definition) is 2. The number of rotatable bonds is 6. The van der Waals surface area contributed by atoms with Gasteiger partial charge in [0.1, 0.15) is 0 Å². The Kier molecular flexibility index (Phi) is 5.50. The summed E-state index contributed by atoms with van der Waals surface area (Å²) in [6.07, 6.45) is 2.03. The Morgan fingerprint density at radius 2 is 1.81 bits per heavy atom. The number of nitrogens with two attached hydrogens (primary N) is 1. The van der Waals surface area contributed by atoms with Gasteiger partial charge in [-0.2, -0.15) is 0 Å². The van der Waals surface area contributed by atoms with Crippen molar-refractivity contribution in [3.05, 3.63) is 35.4 Å². The number of hydrogen-bond donors (Lipinski definition) is 1. The standard InChI is InChI=1S/C14H23NO/c1-4-14(16-5-2)13(15)10-12-8-6-11(3)7-9-12/h6-9,13-14H,4-5,10,15H2,1-3H3. The maximum Gasteiger partial charge on any atom is 0.0726 e. The average molecular weight is 221 g/mol. The second-order valence-corrected chi connectivity index (χ2v) is 4.26. The van der Waals surface area contributed by atoms with Gasteiger partial charge in [0.25, 0.3) is 0 Å². The molecule has 2 unspecified atom stereocenters. The van der Waals surface area contributed by atoms with E-state index >= 15 is 0 Å². The van der Waals surface area contributed by atoms with Crippen molar-refractivity contribution in [1.82, 2.24) is 0 Å². The van der Waals surface area contributed by atoms with Gasteiger partial charge in [-0.1, -0.05) is 36.8 Å². The lowest BCUT2D eigenvalue weighted by atomic mass is 10.00. The van der Waals surface area contributed by atoms with Crippen LogP contribution in [0.3, 0.4) is 0 Å². The molecule has 2 atom stereocenters. The van der Waals surface area contributed by atoms with Crippen LogP contribution < -0.4 is 5.73 Å². The molecule has 0 amide bonds. The summed E-state index contributed by atoms with van der Waals surface area (Å²) in [6, 6.07) is 8.64. The number of aryl methyl sites for hydroxylation is 1. The third-order valence-corrected chi connectivity index (χ3v) is 2.85. The zero-order valence-electron chi connectivity index (χ0n) is 10.6. The van der Waals surface area contributed by atoms with E-state index in [4.69, 9.17) is 10.5 Å². The van der Waals surface area contributed by atoms with Gasteiger partial charge in [-0.25, -0.2) is 0 Å². The van der Waals surface area contributed by atoms with Crippen LogP contribution in [0.2, 0.25) is 0 Å². The van der Waals surface area contributed by atoms with Crippen LogP contribution >= 0.6 is 0 Å². The van der Waals surface area contributed by atoms with E-state index in [2.05, 4.69) is 38.1 Å². The van der Waals surface area contributed by atoms with E-state index < -0.39 is 0 Å². The Labute approximate surface area is 98.8 Å². The smallest absolute Gasteiger partial charge is 0.0726 e. The summed E-state index contributed by atoms with van der Waals surface area (Å²) in [5.74, 6) is 0. The lowest BCUT2D eigenvalue weighted by Gasteiger charge is -2.22. The summed E-state index contributed by atoms with van der Waals surface area (Å²) in [5.41, 5.74) is 8.73. The van der Waals surface area contributed by atoms with Crippen molar-refractivity contribution in [3.63, 3.8) is 0 Å². The minimum absolute atomic E-state index is 0.0904. The quantitative estimate of drug-likeness (QED) is 0.801. The fourth-order valence-electron chi connectivity index (χ4n) is 1.89. The minimum Gasteiger partial charge on any atom is -0.377 e. The molecule has 16 heavy (non-hydrogen) atoms. The van der Waals surface area contributed by atoms with Crippen molar-refractivity contribution in [2.24, 2.45) is 5.73 Å². The Bertz CT molecular complexity index is 294. The zero-order valence-corrected chi connectivity index (χ0v) is 10.6. The van der Waals surface area contributed by atoms with Crippen LogP contribution in [-0.2, 0) is 11.2 Å². The van der Waals surface area contributed by atoms with Gasteiger partial charge in [-0.3, -0.25) is 0 Å². The van der Waals surface area contributed by atoms with Crippen LogP contribution in [0.1, 0.15) is 31.4 Å². The molecule has 0 aliphatic carbocycles. The first-order valence-corrected chi connectivity index (χ1v) is 6.10. The Morgan fingerprint density at radius 1 is 1.19 bits per heavy atom. The van der Waals surface area contributed by atoms with Gasteiger partial charge in [0.05, 0.1) is 6.10 Å².